The van der Waals surface area contributed by atoms with Gasteiger partial charge >= 0.3 is 5.97 Å². The standard InChI is InChI=1S/C25H31FN2O6S/c1-15(2)24-20(11-10-18(29)13-19(30)14-22(31)32)23(16-6-8-17(26)9-7-16)21-5-4-12-28(25(21)27-24)35(3,33)34/h6-11,15,18-19,29-30H,4-5,12-14H2,1-3H3,(H,31,32)/b11-10+/t18-,19-/m1/s1. The number of nitrogens with zero attached hydrogens (tertiary/aromatic N) is 2. The molecule has 3 rings (SSSR count). The Morgan fingerprint density at radius 1 is 1.23 bits per heavy atom. The van der Waals surface area contributed by atoms with Crippen molar-refractivity contribution in [3.05, 3.63) is 53.0 Å². The van der Waals surface area contributed by atoms with Crippen molar-refractivity contribution in [3.63, 3.8) is 0 Å². The number of aromatic nitrogens is 1. The molecule has 2 atom stereocenters. The number of fused-ring (bicyclic) bond motifs is 1. The van der Waals surface area contributed by atoms with Crippen LogP contribution in [0.15, 0.2) is 30.3 Å². The first-order valence-electron chi connectivity index (χ1n) is 11.4. The molecule has 8 nitrogen and oxygen atoms in total. The summed E-state index contributed by atoms with van der Waals surface area (Å²) in [5.74, 6) is -1.32. The van der Waals surface area contributed by atoms with Gasteiger partial charge in [-0.15, -0.1) is 0 Å². The van der Waals surface area contributed by atoms with Crippen LogP contribution in [0.5, 0.6) is 0 Å². The first-order chi connectivity index (χ1) is 16.4. The van der Waals surface area contributed by atoms with Gasteiger partial charge in [0.25, 0.3) is 0 Å². The van der Waals surface area contributed by atoms with Crippen LogP contribution in [0.4, 0.5) is 10.2 Å². The van der Waals surface area contributed by atoms with Crippen molar-refractivity contribution >= 4 is 27.9 Å². The van der Waals surface area contributed by atoms with Gasteiger partial charge in [-0.3, -0.25) is 9.10 Å². The fourth-order valence-corrected chi connectivity index (χ4v) is 5.25. The topological polar surface area (TPSA) is 128 Å². The number of hydrogen-bond donors (Lipinski definition) is 3. The largest absolute Gasteiger partial charge is 0.481 e. The Labute approximate surface area is 204 Å². The van der Waals surface area contributed by atoms with E-state index in [1.54, 1.807) is 18.2 Å². The molecule has 0 bridgehead atoms. The fraction of sp³-hybridized carbons (Fsp3) is 0.440. The van der Waals surface area contributed by atoms with Crippen molar-refractivity contribution in [2.45, 2.75) is 57.7 Å². The number of halogens is 1. The zero-order chi connectivity index (χ0) is 25.9. The Morgan fingerprint density at radius 2 is 1.89 bits per heavy atom. The molecular formula is C25H31FN2O6S. The molecule has 10 heteroatoms. The highest BCUT2D eigenvalue weighted by Crippen LogP contribution is 2.41. The van der Waals surface area contributed by atoms with Crippen molar-refractivity contribution in [1.82, 2.24) is 4.98 Å². The number of pyridine rings is 1. The van der Waals surface area contributed by atoms with E-state index in [1.807, 2.05) is 13.8 Å². The minimum absolute atomic E-state index is 0.114. The summed E-state index contributed by atoms with van der Waals surface area (Å²) in [5, 5.41) is 29.1. The number of aliphatic carboxylic acids is 1. The predicted octanol–water partition coefficient (Wildman–Crippen LogP) is 3.32. The van der Waals surface area contributed by atoms with E-state index in [0.29, 0.717) is 47.6 Å². The number of rotatable bonds is 9. The zero-order valence-electron chi connectivity index (χ0n) is 20.0. The molecule has 2 aromatic rings. The number of hydrogen-bond acceptors (Lipinski definition) is 6. The molecule has 1 aliphatic heterocycles. The Bertz CT molecular complexity index is 1210. The van der Waals surface area contributed by atoms with E-state index >= 15 is 0 Å². The number of aliphatic hydroxyl groups excluding tert-OH is 2. The number of carbonyl (C=O) groups is 1. The van der Waals surface area contributed by atoms with Gasteiger partial charge in [0.2, 0.25) is 10.0 Å². The summed E-state index contributed by atoms with van der Waals surface area (Å²) in [6.45, 7) is 4.15. The molecule has 1 aliphatic rings. The minimum Gasteiger partial charge on any atom is -0.481 e. The Morgan fingerprint density at radius 3 is 2.46 bits per heavy atom. The molecule has 0 saturated heterocycles. The van der Waals surface area contributed by atoms with E-state index < -0.39 is 40.4 Å². The summed E-state index contributed by atoms with van der Waals surface area (Å²) in [4.78, 5) is 15.6. The lowest BCUT2D eigenvalue weighted by molar-refractivity contribution is -0.139. The van der Waals surface area contributed by atoms with Crippen LogP contribution in [0.25, 0.3) is 17.2 Å². The van der Waals surface area contributed by atoms with Gasteiger partial charge in [0, 0.05) is 24.1 Å². The Balaban J connectivity index is 2.20. The number of benzene rings is 1. The SMILES string of the molecule is CC(C)c1nc2c(c(-c3ccc(F)cc3)c1/C=C/[C@@H](O)C[C@@H](O)CC(=O)O)CCCN2S(C)(=O)=O. The normalized spacial score (nSPS) is 15.9. The summed E-state index contributed by atoms with van der Waals surface area (Å²) in [7, 11) is -3.57. The average Bonchev–Trinajstić information content (AvgIpc) is 2.75. The molecule has 3 N–H and O–H groups in total. The summed E-state index contributed by atoms with van der Waals surface area (Å²) in [6, 6.07) is 5.91. The van der Waals surface area contributed by atoms with Crippen LogP contribution in [0.3, 0.4) is 0 Å². The molecular weight excluding hydrogens is 475 g/mol. The van der Waals surface area contributed by atoms with E-state index in [4.69, 9.17) is 10.1 Å². The Kier molecular flexibility index (Phi) is 8.30. The van der Waals surface area contributed by atoms with Crippen molar-refractivity contribution in [2.24, 2.45) is 0 Å². The maximum atomic E-state index is 13.7. The molecule has 0 saturated carbocycles. The maximum Gasteiger partial charge on any atom is 0.305 e. The quantitative estimate of drug-likeness (QED) is 0.476. The minimum atomic E-state index is -3.57. The van der Waals surface area contributed by atoms with Crippen LogP contribution < -0.4 is 4.31 Å². The summed E-state index contributed by atoms with van der Waals surface area (Å²) < 4.78 is 40.1. The molecule has 2 heterocycles. The number of carboxylic acids is 1. The maximum absolute atomic E-state index is 13.7. The van der Waals surface area contributed by atoms with E-state index in [9.17, 15) is 27.8 Å². The van der Waals surface area contributed by atoms with Crippen LogP contribution in [-0.4, -0.2) is 59.7 Å². The predicted molar refractivity (Wildman–Crippen MR) is 132 cm³/mol. The smallest absolute Gasteiger partial charge is 0.305 e. The first kappa shape index (κ1) is 26.8. The highest BCUT2D eigenvalue weighted by atomic mass is 32.2. The second-order valence-corrected chi connectivity index (χ2v) is 11.0. The van der Waals surface area contributed by atoms with Crippen LogP contribution in [0.1, 0.15) is 55.8 Å². The fourth-order valence-electron chi connectivity index (χ4n) is 4.32. The monoisotopic (exact) mass is 506 g/mol. The van der Waals surface area contributed by atoms with Gasteiger partial charge in [-0.25, -0.2) is 17.8 Å². The van der Waals surface area contributed by atoms with Crippen molar-refractivity contribution in [1.29, 1.82) is 0 Å². The lowest BCUT2D eigenvalue weighted by Crippen LogP contribution is -2.36. The van der Waals surface area contributed by atoms with Gasteiger partial charge in [-0.2, -0.15) is 0 Å². The van der Waals surface area contributed by atoms with Gasteiger partial charge < -0.3 is 15.3 Å². The molecule has 190 valence electrons. The van der Waals surface area contributed by atoms with Crippen LogP contribution in [0, 0.1) is 5.82 Å². The third-order valence-corrected chi connectivity index (χ3v) is 7.01. The Hall–Kier alpha value is -2.82. The van der Waals surface area contributed by atoms with Gasteiger partial charge in [-0.05, 0) is 42.0 Å². The van der Waals surface area contributed by atoms with Gasteiger partial charge in [0.15, 0.2) is 0 Å². The van der Waals surface area contributed by atoms with E-state index in [1.165, 1.54) is 22.5 Å². The van der Waals surface area contributed by atoms with Gasteiger partial charge in [0.1, 0.15) is 11.6 Å². The highest BCUT2D eigenvalue weighted by Gasteiger charge is 2.31. The van der Waals surface area contributed by atoms with E-state index in [0.717, 1.165) is 11.8 Å². The number of aliphatic hydroxyl groups is 2. The first-order valence-corrected chi connectivity index (χ1v) is 13.3. The second-order valence-electron chi connectivity index (χ2n) is 9.10. The third-order valence-electron chi connectivity index (χ3n) is 5.86. The van der Waals surface area contributed by atoms with E-state index in [2.05, 4.69) is 0 Å². The van der Waals surface area contributed by atoms with E-state index in [-0.39, 0.29) is 12.3 Å². The molecule has 1 aromatic heterocycles. The number of sulfonamides is 1. The van der Waals surface area contributed by atoms with Crippen molar-refractivity contribution in [3.8, 4) is 11.1 Å². The summed E-state index contributed by atoms with van der Waals surface area (Å²) in [5.41, 5.74) is 3.38. The molecule has 1 aromatic carbocycles. The molecule has 0 unspecified atom stereocenters. The summed E-state index contributed by atoms with van der Waals surface area (Å²) in [6.07, 6.45) is 2.46. The molecule has 0 aliphatic carbocycles. The van der Waals surface area contributed by atoms with Crippen LogP contribution in [0.2, 0.25) is 0 Å². The average molecular weight is 507 g/mol. The van der Waals surface area contributed by atoms with Gasteiger partial charge in [-0.1, -0.05) is 38.1 Å². The van der Waals surface area contributed by atoms with Crippen molar-refractivity contribution in [2.75, 3.05) is 17.1 Å². The van der Waals surface area contributed by atoms with Crippen LogP contribution in [-0.2, 0) is 21.2 Å². The highest BCUT2D eigenvalue weighted by molar-refractivity contribution is 7.92. The lowest BCUT2D eigenvalue weighted by atomic mass is 9.87. The second kappa shape index (κ2) is 10.8. The molecule has 35 heavy (non-hydrogen) atoms. The number of anilines is 1. The summed E-state index contributed by atoms with van der Waals surface area (Å²) >= 11 is 0. The van der Waals surface area contributed by atoms with Crippen LogP contribution >= 0.6 is 0 Å². The number of carboxylic acid groups (broad SMARTS) is 1. The molecule has 0 amide bonds. The lowest BCUT2D eigenvalue weighted by Gasteiger charge is -2.32. The zero-order valence-corrected chi connectivity index (χ0v) is 20.8. The molecule has 0 radical (unpaired) electrons. The van der Waals surface area contributed by atoms with Gasteiger partial charge in [0.05, 0.1) is 30.6 Å². The molecule has 0 fully saturated rings. The van der Waals surface area contributed by atoms with Crippen molar-refractivity contribution < 1.29 is 32.9 Å². The third kappa shape index (κ3) is 6.45. The molecule has 0 spiro atoms.